The van der Waals surface area contributed by atoms with Gasteiger partial charge in [0.15, 0.2) is 0 Å². The summed E-state index contributed by atoms with van der Waals surface area (Å²) in [5, 5.41) is 15.3. The van der Waals surface area contributed by atoms with Crippen LogP contribution in [0.1, 0.15) is 22.4 Å². The molecule has 19 heavy (non-hydrogen) atoms. The molecule has 1 aromatic heterocycles. The highest BCUT2D eigenvalue weighted by atomic mass is 15.1. The van der Waals surface area contributed by atoms with Gasteiger partial charge in [0.25, 0.3) is 0 Å². The van der Waals surface area contributed by atoms with E-state index in [1.54, 1.807) is 6.07 Å². The summed E-state index contributed by atoms with van der Waals surface area (Å²) in [5.74, 6) is 0.629. The first-order valence-electron chi connectivity index (χ1n) is 6.13. The molecular formula is C14H13N5. The molecule has 2 heterocycles. The van der Waals surface area contributed by atoms with Crippen molar-refractivity contribution < 1.29 is 0 Å². The molecule has 2 aromatic rings. The third-order valence-electron chi connectivity index (χ3n) is 3.07. The van der Waals surface area contributed by atoms with Crippen molar-refractivity contribution in [3.05, 3.63) is 52.8 Å². The largest absolute Gasteiger partial charge is 0.350 e. The van der Waals surface area contributed by atoms with Gasteiger partial charge in [-0.2, -0.15) is 5.26 Å². The predicted molar refractivity (Wildman–Crippen MR) is 71.1 cm³/mol. The second kappa shape index (κ2) is 5.04. The second-order valence-electron chi connectivity index (χ2n) is 4.43. The number of benzene rings is 1. The highest BCUT2D eigenvalue weighted by molar-refractivity contribution is 5.36. The molecule has 94 valence electrons. The highest BCUT2D eigenvalue weighted by Crippen LogP contribution is 2.14. The lowest BCUT2D eigenvalue weighted by Gasteiger charge is -2.06. The first kappa shape index (κ1) is 11.6. The molecule has 0 saturated heterocycles. The van der Waals surface area contributed by atoms with E-state index < -0.39 is 0 Å². The summed E-state index contributed by atoms with van der Waals surface area (Å²) in [6.45, 7) is 2.26. The molecule has 1 aliphatic rings. The molecule has 0 saturated carbocycles. The number of nitrogens with zero attached hydrogens (tertiary/aromatic N) is 3. The third kappa shape index (κ3) is 2.54. The molecular weight excluding hydrogens is 238 g/mol. The Morgan fingerprint density at radius 1 is 1.37 bits per heavy atom. The first-order valence-corrected chi connectivity index (χ1v) is 6.13. The van der Waals surface area contributed by atoms with E-state index in [0.29, 0.717) is 18.1 Å². The Morgan fingerprint density at radius 2 is 2.32 bits per heavy atom. The number of hydrogen-bond donors (Lipinski definition) is 2. The summed E-state index contributed by atoms with van der Waals surface area (Å²) in [4.78, 5) is 8.74. The number of fused-ring (bicyclic) bond motifs is 1. The summed E-state index contributed by atoms with van der Waals surface area (Å²) in [5.41, 5.74) is 3.93. The van der Waals surface area contributed by atoms with Gasteiger partial charge in [0.1, 0.15) is 0 Å². The Bertz CT molecular complexity index is 645. The number of nitriles is 1. The van der Waals surface area contributed by atoms with E-state index in [2.05, 4.69) is 26.7 Å². The van der Waals surface area contributed by atoms with Crippen LogP contribution in [0.3, 0.4) is 0 Å². The molecule has 2 N–H and O–H groups in total. The minimum absolute atomic E-state index is 0.613. The van der Waals surface area contributed by atoms with E-state index in [0.717, 1.165) is 29.9 Å². The molecule has 3 rings (SSSR count). The first-order chi connectivity index (χ1) is 9.35. The maximum absolute atomic E-state index is 8.85. The molecule has 0 amide bonds. The molecule has 0 fully saturated rings. The minimum Gasteiger partial charge on any atom is -0.350 e. The van der Waals surface area contributed by atoms with Crippen molar-refractivity contribution in [2.75, 3.05) is 5.32 Å². The normalized spacial score (nSPS) is 12.8. The number of nitrogens with one attached hydrogen (secondary N) is 2. The predicted octanol–water partition coefficient (Wildman–Crippen LogP) is 1.56. The van der Waals surface area contributed by atoms with Crippen LogP contribution in [0.4, 0.5) is 5.95 Å². The van der Waals surface area contributed by atoms with Crippen LogP contribution >= 0.6 is 0 Å². The summed E-state index contributed by atoms with van der Waals surface area (Å²) < 4.78 is 0. The number of aromatic nitrogens is 2. The van der Waals surface area contributed by atoms with Gasteiger partial charge < -0.3 is 10.6 Å². The lowest BCUT2D eigenvalue weighted by Crippen LogP contribution is -2.05. The number of hydrogen-bond acceptors (Lipinski definition) is 5. The fourth-order valence-electron chi connectivity index (χ4n) is 2.08. The Labute approximate surface area is 111 Å². The van der Waals surface area contributed by atoms with Crippen molar-refractivity contribution in [2.45, 2.75) is 19.6 Å². The Balaban J connectivity index is 1.70. The molecule has 1 aliphatic heterocycles. The van der Waals surface area contributed by atoms with Crippen LogP contribution in [0.15, 0.2) is 30.5 Å². The maximum Gasteiger partial charge on any atom is 0.223 e. The molecule has 0 spiro atoms. The zero-order valence-electron chi connectivity index (χ0n) is 10.3. The van der Waals surface area contributed by atoms with Crippen LogP contribution in [0, 0.1) is 11.3 Å². The fourth-order valence-corrected chi connectivity index (χ4v) is 2.08. The molecule has 0 bridgehead atoms. The number of anilines is 1. The van der Waals surface area contributed by atoms with Crippen LogP contribution in [-0.2, 0) is 19.6 Å². The van der Waals surface area contributed by atoms with E-state index in [1.165, 1.54) is 0 Å². The third-order valence-corrected chi connectivity index (χ3v) is 3.07. The van der Waals surface area contributed by atoms with Crippen LogP contribution < -0.4 is 10.6 Å². The van der Waals surface area contributed by atoms with E-state index in [4.69, 9.17) is 5.26 Å². The zero-order valence-corrected chi connectivity index (χ0v) is 10.3. The van der Waals surface area contributed by atoms with Gasteiger partial charge in [-0.25, -0.2) is 9.97 Å². The summed E-state index contributed by atoms with van der Waals surface area (Å²) in [6, 6.07) is 9.64. The topological polar surface area (TPSA) is 73.6 Å². The van der Waals surface area contributed by atoms with E-state index in [9.17, 15) is 0 Å². The Morgan fingerprint density at radius 3 is 3.21 bits per heavy atom. The van der Waals surface area contributed by atoms with Crippen molar-refractivity contribution in [2.24, 2.45) is 0 Å². The van der Waals surface area contributed by atoms with Gasteiger partial charge in [0, 0.05) is 31.4 Å². The lowest BCUT2D eigenvalue weighted by molar-refractivity contribution is 0.757. The average molecular weight is 251 g/mol. The molecule has 0 radical (unpaired) electrons. The van der Waals surface area contributed by atoms with Gasteiger partial charge in [-0.1, -0.05) is 12.1 Å². The van der Waals surface area contributed by atoms with Crippen LogP contribution in [0.5, 0.6) is 0 Å². The standard InChI is InChI=1S/C14H13N5/c15-5-10-2-1-3-11(4-10)6-17-14-18-8-12-7-16-9-13(12)19-14/h1-4,8,16H,6-7,9H2,(H,17,18,19). The fraction of sp³-hybridized carbons (Fsp3) is 0.214. The zero-order chi connectivity index (χ0) is 13.1. The van der Waals surface area contributed by atoms with Gasteiger partial charge in [0.2, 0.25) is 5.95 Å². The molecule has 5 nitrogen and oxygen atoms in total. The van der Waals surface area contributed by atoms with E-state index in [-0.39, 0.29) is 0 Å². The summed E-state index contributed by atoms with van der Waals surface area (Å²) in [7, 11) is 0. The van der Waals surface area contributed by atoms with E-state index >= 15 is 0 Å². The number of rotatable bonds is 3. The monoisotopic (exact) mass is 251 g/mol. The van der Waals surface area contributed by atoms with Crippen molar-refractivity contribution in [1.82, 2.24) is 15.3 Å². The van der Waals surface area contributed by atoms with Gasteiger partial charge in [0.05, 0.1) is 17.3 Å². The van der Waals surface area contributed by atoms with Gasteiger partial charge in [-0.3, -0.25) is 0 Å². The Hall–Kier alpha value is -2.45. The molecule has 1 aromatic carbocycles. The summed E-state index contributed by atoms with van der Waals surface area (Å²) in [6.07, 6.45) is 1.86. The molecule has 0 atom stereocenters. The summed E-state index contributed by atoms with van der Waals surface area (Å²) >= 11 is 0. The quantitative estimate of drug-likeness (QED) is 0.866. The van der Waals surface area contributed by atoms with Crippen LogP contribution in [0.2, 0.25) is 0 Å². The average Bonchev–Trinajstić information content (AvgIpc) is 2.93. The maximum atomic E-state index is 8.85. The Kier molecular flexibility index (Phi) is 3.09. The van der Waals surface area contributed by atoms with Crippen molar-refractivity contribution in [3.8, 4) is 6.07 Å². The molecule has 0 unspecified atom stereocenters. The van der Waals surface area contributed by atoms with E-state index in [1.807, 2.05) is 24.4 Å². The van der Waals surface area contributed by atoms with Crippen molar-refractivity contribution in [3.63, 3.8) is 0 Å². The highest BCUT2D eigenvalue weighted by Gasteiger charge is 2.12. The lowest BCUT2D eigenvalue weighted by atomic mass is 10.1. The molecule has 0 aliphatic carbocycles. The van der Waals surface area contributed by atoms with Gasteiger partial charge in [-0.15, -0.1) is 0 Å². The SMILES string of the molecule is N#Cc1cccc(CNc2ncc3c(n2)CNC3)c1. The van der Waals surface area contributed by atoms with Crippen LogP contribution in [0.25, 0.3) is 0 Å². The van der Waals surface area contributed by atoms with Gasteiger partial charge in [-0.05, 0) is 17.7 Å². The van der Waals surface area contributed by atoms with Crippen LogP contribution in [-0.4, -0.2) is 9.97 Å². The van der Waals surface area contributed by atoms with Crippen molar-refractivity contribution in [1.29, 1.82) is 5.26 Å². The second-order valence-corrected chi connectivity index (χ2v) is 4.43. The molecule has 5 heteroatoms. The van der Waals surface area contributed by atoms with Crippen molar-refractivity contribution >= 4 is 5.95 Å². The van der Waals surface area contributed by atoms with Gasteiger partial charge >= 0.3 is 0 Å². The smallest absolute Gasteiger partial charge is 0.223 e. The minimum atomic E-state index is 0.613.